The fourth-order valence-electron chi connectivity index (χ4n) is 2.69. The normalized spacial score (nSPS) is 53.4. The molecule has 0 spiro atoms. The van der Waals surface area contributed by atoms with Gasteiger partial charge in [0.05, 0.1) is 6.10 Å². The average Bonchev–Trinajstić information content (AvgIpc) is 2.22. The van der Waals surface area contributed by atoms with E-state index in [0.29, 0.717) is 5.41 Å². The van der Waals surface area contributed by atoms with E-state index in [0.717, 1.165) is 12.3 Å². The van der Waals surface area contributed by atoms with Gasteiger partial charge in [-0.25, -0.2) is 0 Å². The van der Waals surface area contributed by atoms with Crippen molar-refractivity contribution in [1.82, 2.24) is 0 Å². The first-order valence-electron chi connectivity index (χ1n) is 4.39. The van der Waals surface area contributed by atoms with Crippen molar-refractivity contribution >= 4 is 0 Å². The summed E-state index contributed by atoms with van der Waals surface area (Å²) in [6, 6.07) is 0. The van der Waals surface area contributed by atoms with Crippen LogP contribution in [0.2, 0.25) is 0 Å². The molecule has 2 rings (SSSR count). The molecule has 0 aromatic carbocycles. The Morgan fingerprint density at radius 2 is 2.10 bits per heavy atom. The summed E-state index contributed by atoms with van der Waals surface area (Å²) in [4.78, 5) is 0. The third-order valence-corrected chi connectivity index (χ3v) is 3.53. The van der Waals surface area contributed by atoms with E-state index in [-0.39, 0.29) is 6.10 Å². The van der Waals surface area contributed by atoms with E-state index < -0.39 is 0 Å². The maximum absolute atomic E-state index is 9.65. The van der Waals surface area contributed by atoms with Crippen molar-refractivity contribution in [3.63, 3.8) is 0 Å². The van der Waals surface area contributed by atoms with Gasteiger partial charge in [-0.3, -0.25) is 0 Å². The summed E-state index contributed by atoms with van der Waals surface area (Å²) in [7, 11) is 0. The first-order chi connectivity index (χ1) is 4.71. The highest BCUT2D eigenvalue weighted by molar-refractivity contribution is 4.95. The highest BCUT2D eigenvalue weighted by Gasteiger charge is 2.44. The molecule has 2 bridgehead atoms. The third kappa shape index (κ3) is 0.800. The van der Waals surface area contributed by atoms with Gasteiger partial charge in [0.25, 0.3) is 0 Å². The van der Waals surface area contributed by atoms with Crippen LogP contribution in [0.4, 0.5) is 0 Å². The Morgan fingerprint density at radius 1 is 1.30 bits per heavy atom. The molecule has 2 aliphatic rings. The van der Waals surface area contributed by atoms with E-state index in [1.54, 1.807) is 0 Å². The van der Waals surface area contributed by atoms with Gasteiger partial charge in [-0.05, 0) is 43.4 Å². The van der Waals surface area contributed by atoms with Crippen molar-refractivity contribution < 1.29 is 5.11 Å². The molecule has 0 heterocycles. The van der Waals surface area contributed by atoms with Gasteiger partial charge < -0.3 is 5.11 Å². The van der Waals surface area contributed by atoms with Gasteiger partial charge in [0.2, 0.25) is 0 Å². The van der Waals surface area contributed by atoms with Gasteiger partial charge in [-0.1, -0.05) is 6.92 Å². The summed E-state index contributed by atoms with van der Waals surface area (Å²) in [5, 5.41) is 9.65. The van der Waals surface area contributed by atoms with Crippen LogP contribution in [-0.2, 0) is 0 Å². The maximum atomic E-state index is 9.65. The minimum Gasteiger partial charge on any atom is -0.393 e. The largest absolute Gasteiger partial charge is 0.393 e. The van der Waals surface area contributed by atoms with Crippen LogP contribution >= 0.6 is 0 Å². The summed E-state index contributed by atoms with van der Waals surface area (Å²) >= 11 is 0. The molecule has 0 radical (unpaired) electrons. The summed E-state index contributed by atoms with van der Waals surface area (Å²) in [5.74, 6) is 0.952. The summed E-state index contributed by atoms with van der Waals surface area (Å²) in [6.45, 7) is 2.25. The number of hydrogen-bond donors (Lipinski definition) is 1. The highest BCUT2D eigenvalue weighted by Crippen LogP contribution is 2.50. The molecule has 2 unspecified atom stereocenters. The molecule has 0 aromatic rings. The predicted octanol–water partition coefficient (Wildman–Crippen LogP) is 1.95. The van der Waals surface area contributed by atoms with E-state index in [1.807, 2.05) is 0 Å². The molecule has 0 saturated heterocycles. The molecule has 1 heteroatoms. The molecule has 1 nitrogen and oxygen atoms in total. The Labute approximate surface area is 62.4 Å². The van der Waals surface area contributed by atoms with Crippen LogP contribution in [0.1, 0.15) is 39.0 Å². The van der Waals surface area contributed by atoms with E-state index in [2.05, 4.69) is 6.92 Å². The summed E-state index contributed by atoms with van der Waals surface area (Å²) in [5.41, 5.74) is 0.308. The van der Waals surface area contributed by atoms with Crippen molar-refractivity contribution in [2.75, 3.05) is 0 Å². The lowest BCUT2D eigenvalue weighted by Crippen LogP contribution is -2.32. The van der Waals surface area contributed by atoms with Crippen molar-refractivity contribution in [3.8, 4) is 0 Å². The monoisotopic (exact) mass is 140 g/mol. The number of fused-ring (bicyclic) bond motifs is 2. The Kier molecular flexibility index (Phi) is 1.31. The van der Waals surface area contributed by atoms with E-state index in [9.17, 15) is 5.11 Å². The first-order valence-corrected chi connectivity index (χ1v) is 4.39. The quantitative estimate of drug-likeness (QED) is 0.545. The molecule has 2 saturated carbocycles. The minimum atomic E-state index is 0.00579. The summed E-state index contributed by atoms with van der Waals surface area (Å²) < 4.78 is 0. The smallest absolute Gasteiger partial charge is 0.0594 e. The van der Waals surface area contributed by atoms with Crippen LogP contribution in [0.3, 0.4) is 0 Å². The number of hydrogen-bond acceptors (Lipinski definition) is 1. The molecule has 2 fully saturated rings. The molecular formula is C9H16O. The van der Waals surface area contributed by atoms with Crippen LogP contribution in [0.5, 0.6) is 0 Å². The second-order valence-corrected chi connectivity index (χ2v) is 4.36. The molecular weight excluding hydrogens is 124 g/mol. The van der Waals surface area contributed by atoms with Crippen molar-refractivity contribution in [3.05, 3.63) is 0 Å². The second-order valence-electron chi connectivity index (χ2n) is 4.36. The zero-order valence-electron chi connectivity index (χ0n) is 6.64. The predicted molar refractivity (Wildman–Crippen MR) is 40.7 cm³/mol. The van der Waals surface area contributed by atoms with Crippen LogP contribution in [0.25, 0.3) is 0 Å². The van der Waals surface area contributed by atoms with Crippen LogP contribution in [-0.4, -0.2) is 11.2 Å². The van der Waals surface area contributed by atoms with Crippen LogP contribution in [0, 0.1) is 11.3 Å². The van der Waals surface area contributed by atoms with Gasteiger partial charge in [0, 0.05) is 0 Å². The number of rotatable bonds is 0. The van der Waals surface area contributed by atoms with E-state index in [1.165, 1.54) is 25.7 Å². The Balaban J connectivity index is 2.17. The van der Waals surface area contributed by atoms with Gasteiger partial charge in [-0.2, -0.15) is 0 Å². The molecule has 0 amide bonds. The SMILES string of the molecule is CC12CCC(CC[C@H]1O)C2. The molecule has 10 heavy (non-hydrogen) atoms. The fraction of sp³-hybridized carbons (Fsp3) is 1.00. The maximum Gasteiger partial charge on any atom is 0.0594 e. The van der Waals surface area contributed by atoms with Gasteiger partial charge in [0.1, 0.15) is 0 Å². The minimum absolute atomic E-state index is 0.00579. The standard InChI is InChI=1S/C9H16O/c1-9-5-4-7(6-9)2-3-8(9)10/h7-8,10H,2-6H2,1H3/t7?,8-,9?/m1/s1. The number of aliphatic hydroxyl groups is 1. The van der Waals surface area contributed by atoms with Crippen molar-refractivity contribution in [2.45, 2.75) is 45.1 Å². The van der Waals surface area contributed by atoms with Crippen LogP contribution in [0.15, 0.2) is 0 Å². The third-order valence-electron chi connectivity index (χ3n) is 3.53. The molecule has 0 aliphatic heterocycles. The van der Waals surface area contributed by atoms with Crippen LogP contribution < -0.4 is 0 Å². The highest BCUT2D eigenvalue weighted by atomic mass is 16.3. The Bertz CT molecular complexity index is 142. The van der Waals surface area contributed by atoms with Crippen molar-refractivity contribution in [1.29, 1.82) is 0 Å². The lowest BCUT2D eigenvalue weighted by atomic mass is 9.75. The summed E-state index contributed by atoms with van der Waals surface area (Å²) in [6.07, 6.45) is 6.25. The van der Waals surface area contributed by atoms with E-state index >= 15 is 0 Å². The molecule has 2 aliphatic carbocycles. The first kappa shape index (κ1) is 6.66. The molecule has 58 valence electrons. The van der Waals surface area contributed by atoms with Gasteiger partial charge in [-0.15, -0.1) is 0 Å². The van der Waals surface area contributed by atoms with Gasteiger partial charge >= 0.3 is 0 Å². The fourth-order valence-corrected chi connectivity index (χ4v) is 2.69. The van der Waals surface area contributed by atoms with Gasteiger partial charge in [0.15, 0.2) is 0 Å². The zero-order chi connectivity index (χ0) is 7.19. The van der Waals surface area contributed by atoms with Crippen molar-refractivity contribution in [2.24, 2.45) is 11.3 Å². The second kappa shape index (κ2) is 1.97. The Morgan fingerprint density at radius 3 is 2.80 bits per heavy atom. The average molecular weight is 140 g/mol. The lowest BCUT2D eigenvalue weighted by molar-refractivity contribution is 0.0115. The molecule has 1 N–H and O–H groups in total. The lowest BCUT2D eigenvalue weighted by Gasteiger charge is -2.34. The van der Waals surface area contributed by atoms with E-state index in [4.69, 9.17) is 0 Å². The topological polar surface area (TPSA) is 20.2 Å². The zero-order valence-corrected chi connectivity index (χ0v) is 6.64. The molecule has 0 aromatic heterocycles. The number of aliphatic hydroxyl groups excluding tert-OH is 1. The molecule has 3 atom stereocenters. The Hall–Kier alpha value is -0.0400.